The summed E-state index contributed by atoms with van der Waals surface area (Å²) < 4.78 is 18.6. The molecular formula is C13H14FNO2. The number of ketones is 1. The van der Waals surface area contributed by atoms with E-state index >= 15 is 0 Å². The molecular weight excluding hydrogens is 221 g/mol. The zero-order valence-corrected chi connectivity index (χ0v) is 9.74. The van der Waals surface area contributed by atoms with Gasteiger partial charge in [-0.2, -0.15) is 0 Å². The fraction of sp³-hybridized carbons (Fsp3) is 0.308. The van der Waals surface area contributed by atoms with Crippen LogP contribution in [0.4, 0.5) is 4.39 Å². The van der Waals surface area contributed by atoms with Crippen LogP contribution in [-0.4, -0.2) is 11.8 Å². The van der Waals surface area contributed by atoms with E-state index in [4.69, 9.17) is 10.2 Å². The summed E-state index contributed by atoms with van der Waals surface area (Å²) in [6.07, 6.45) is 0. The van der Waals surface area contributed by atoms with Crippen molar-refractivity contribution < 1.29 is 13.6 Å². The summed E-state index contributed by atoms with van der Waals surface area (Å²) in [5.41, 5.74) is 5.85. The van der Waals surface area contributed by atoms with Gasteiger partial charge in [0.05, 0.1) is 6.04 Å². The number of benzene rings is 1. The van der Waals surface area contributed by atoms with Gasteiger partial charge in [0, 0.05) is 5.39 Å². The normalized spacial score (nSPS) is 13.2. The third kappa shape index (κ3) is 2.08. The van der Waals surface area contributed by atoms with Crippen molar-refractivity contribution in [2.45, 2.75) is 19.9 Å². The molecule has 0 saturated carbocycles. The molecule has 1 aromatic heterocycles. The number of furan rings is 1. The summed E-state index contributed by atoms with van der Waals surface area (Å²) in [7, 11) is 0. The Kier molecular flexibility index (Phi) is 2.98. The molecule has 2 rings (SSSR count). The molecule has 0 radical (unpaired) electrons. The summed E-state index contributed by atoms with van der Waals surface area (Å²) in [6.45, 7) is 3.71. The van der Waals surface area contributed by atoms with Gasteiger partial charge in [-0.1, -0.05) is 26.0 Å². The van der Waals surface area contributed by atoms with E-state index in [9.17, 15) is 9.18 Å². The van der Waals surface area contributed by atoms with Gasteiger partial charge in [0.15, 0.2) is 17.2 Å². The van der Waals surface area contributed by atoms with E-state index in [1.807, 2.05) is 13.8 Å². The SMILES string of the molecule is CC(C)C(N)C(=O)c1cc2cccc(F)c2o1. The van der Waals surface area contributed by atoms with E-state index in [0.717, 1.165) is 0 Å². The van der Waals surface area contributed by atoms with Crippen molar-refractivity contribution in [3.8, 4) is 0 Å². The predicted octanol–water partition coefficient (Wildman–Crippen LogP) is 2.74. The lowest BCUT2D eigenvalue weighted by Gasteiger charge is -2.11. The fourth-order valence-corrected chi connectivity index (χ4v) is 1.62. The number of hydrogen-bond donors (Lipinski definition) is 1. The van der Waals surface area contributed by atoms with Crippen molar-refractivity contribution in [2.75, 3.05) is 0 Å². The number of nitrogens with two attached hydrogens (primary N) is 1. The number of hydrogen-bond acceptors (Lipinski definition) is 3. The zero-order valence-electron chi connectivity index (χ0n) is 9.74. The van der Waals surface area contributed by atoms with Crippen LogP contribution >= 0.6 is 0 Å². The molecule has 0 aliphatic carbocycles. The number of halogens is 1. The van der Waals surface area contributed by atoms with Gasteiger partial charge in [-0.3, -0.25) is 4.79 Å². The maximum atomic E-state index is 13.4. The number of Topliss-reactive ketones (excluding diaryl/α,β-unsaturated/α-hetero) is 1. The van der Waals surface area contributed by atoms with E-state index < -0.39 is 11.9 Å². The Morgan fingerprint density at radius 3 is 2.71 bits per heavy atom. The lowest BCUT2D eigenvalue weighted by molar-refractivity contribution is 0.0915. The molecule has 3 nitrogen and oxygen atoms in total. The molecule has 0 bridgehead atoms. The molecule has 1 heterocycles. The van der Waals surface area contributed by atoms with Crippen LogP contribution in [0.1, 0.15) is 24.4 Å². The quantitative estimate of drug-likeness (QED) is 0.832. The van der Waals surface area contributed by atoms with Crippen LogP contribution < -0.4 is 5.73 Å². The van der Waals surface area contributed by atoms with Gasteiger partial charge in [-0.25, -0.2) is 4.39 Å². The highest BCUT2D eigenvalue weighted by atomic mass is 19.1. The predicted molar refractivity (Wildman–Crippen MR) is 63.3 cm³/mol. The number of para-hydroxylation sites is 1. The first-order valence-electron chi connectivity index (χ1n) is 5.48. The van der Waals surface area contributed by atoms with E-state index in [-0.39, 0.29) is 23.0 Å². The van der Waals surface area contributed by atoms with Gasteiger partial charge < -0.3 is 10.2 Å². The second-order valence-electron chi connectivity index (χ2n) is 4.40. The maximum Gasteiger partial charge on any atom is 0.214 e. The zero-order chi connectivity index (χ0) is 12.6. The van der Waals surface area contributed by atoms with Crippen molar-refractivity contribution in [2.24, 2.45) is 11.7 Å². The largest absolute Gasteiger partial charge is 0.450 e. The summed E-state index contributed by atoms with van der Waals surface area (Å²) in [5.74, 6) is -0.637. The first-order chi connectivity index (χ1) is 8.00. The minimum Gasteiger partial charge on any atom is -0.450 e. The van der Waals surface area contributed by atoms with Crippen molar-refractivity contribution in [1.82, 2.24) is 0 Å². The molecule has 2 aromatic rings. The van der Waals surface area contributed by atoms with Gasteiger partial charge in [0.25, 0.3) is 0 Å². The Balaban J connectivity index is 2.44. The van der Waals surface area contributed by atoms with Crippen molar-refractivity contribution in [3.63, 3.8) is 0 Å². The Labute approximate surface area is 98.4 Å². The third-order valence-electron chi connectivity index (χ3n) is 2.76. The van der Waals surface area contributed by atoms with Crippen molar-refractivity contribution >= 4 is 16.8 Å². The molecule has 2 N–H and O–H groups in total. The van der Waals surface area contributed by atoms with E-state index in [1.165, 1.54) is 12.1 Å². The van der Waals surface area contributed by atoms with E-state index in [0.29, 0.717) is 5.39 Å². The van der Waals surface area contributed by atoms with Crippen LogP contribution in [0.25, 0.3) is 11.0 Å². The summed E-state index contributed by atoms with van der Waals surface area (Å²) in [4.78, 5) is 11.9. The summed E-state index contributed by atoms with van der Waals surface area (Å²) >= 11 is 0. The van der Waals surface area contributed by atoms with Crippen molar-refractivity contribution in [1.29, 1.82) is 0 Å². The van der Waals surface area contributed by atoms with Gasteiger partial charge in [0.1, 0.15) is 0 Å². The molecule has 1 atom stereocenters. The Bertz CT molecular complexity index is 560. The second kappa shape index (κ2) is 4.30. The highest BCUT2D eigenvalue weighted by Gasteiger charge is 2.23. The van der Waals surface area contributed by atoms with Crippen LogP contribution in [0.5, 0.6) is 0 Å². The molecule has 1 unspecified atom stereocenters. The van der Waals surface area contributed by atoms with Crippen LogP contribution in [0.2, 0.25) is 0 Å². The Hall–Kier alpha value is -1.68. The third-order valence-corrected chi connectivity index (χ3v) is 2.76. The highest BCUT2D eigenvalue weighted by molar-refractivity contribution is 6.01. The molecule has 0 saturated heterocycles. The second-order valence-corrected chi connectivity index (χ2v) is 4.40. The average molecular weight is 235 g/mol. The summed E-state index contributed by atoms with van der Waals surface area (Å²) in [5, 5.41) is 0.573. The average Bonchev–Trinajstić information content (AvgIpc) is 2.72. The monoisotopic (exact) mass is 235 g/mol. The first-order valence-corrected chi connectivity index (χ1v) is 5.48. The Morgan fingerprint density at radius 2 is 2.12 bits per heavy atom. The van der Waals surface area contributed by atoms with Crippen LogP contribution in [0.3, 0.4) is 0 Å². The molecule has 0 spiro atoms. The van der Waals surface area contributed by atoms with Gasteiger partial charge in [-0.15, -0.1) is 0 Å². The minimum absolute atomic E-state index is 0.0144. The van der Waals surface area contributed by atoms with E-state index in [1.54, 1.807) is 12.1 Å². The number of carbonyl (C=O) groups is 1. The highest BCUT2D eigenvalue weighted by Crippen LogP contribution is 2.23. The topological polar surface area (TPSA) is 56.2 Å². The first kappa shape index (κ1) is 11.8. The van der Waals surface area contributed by atoms with Crippen molar-refractivity contribution in [3.05, 3.63) is 35.8 Å². The standard InChI is InChI=1S/C13H14FNO2/c1-7(2)11(15)12(16)10-6-8-4-3-5-9(14)13(8)17-10/h3-7,11H,15H2,1-2H3. The molecule has 1 aromatic carbocycles. The minimum atomic E-state index is -0.626. The molecule has 4 heteroatoms. The lowest BCUT2D eigenvalue weighted by atomic mass is 9.99. The molecule has 0 aliphatic rings. The summed E-state index contributed by atoms with van der Waals surface area (Å²) in [6, 6.07) is 5.47. The molecule has 0 aliphatic heterocycles. The van der Waals surface area contributed by atoms with Gasteiger partial charge in [-0.05, 0) is 18.1 Å². The maximum absolute atomic E-state index is 13.4. The Morgan fingerprint density at radius 1 is 1.41 bits per heavy atom. The van der Waals surface area contributed by atoms with Gasteiger partial charge in [0.2, 0.25) is 5.78 Å². The number of fused-ring (bicyclic) bond motifs is 1. The fourth-order valence-electron chi connectivity index (χ4n) is 1.62. The molecule has 0 fully saturated rings. The molecule has 0 amide bonds. The lowest BCUT2D eigenvalue weighted by Crippen LogP contribution is -2.35. The van der Waals surface area contributed by atoms with E-state index in [2.05, 4.69) is 0 Å². The van der Waals surface area contributed by atoms with Crippen LogP contribution in [0, 0.1) is 11.7 Å². The van der Waals surface area contributed by atoms with Gasteiger partial charge >= 0.3 is 0 Å². The van der Waals surface area contributed by atoms with Crippen LogP contribution in [0.15, 0.2) is 28.7 Å². The number of carbonyl (C=O) groups excluding carboxylic acids is 1. The number of rotatable bonds is 3. The molecule has 17 heavy (non-hydrogen) atoms. The smallest absolute Gasteiger partial charge is 0.214 e. The molecule has 90 valence electrons. The van der Waals surface area contributed by atoms with Crippen LogP contribution in [-0.2, 0) is 0 Å².